The fourth-order valence-corrected chi connectivity index (χ4v) is 4.48. The largest absolute Gasteiger partial charge is 0.371 e. The number of rotatable bonds is 4. The first-order chi connectivity index (χ1) is 12.7. The second-order valence-electron chi connectivity index (χ2n) is 7.40. The summed E-state index contributed by atoms with van der Waals surface area (Å²) in [4.78, 5) is 16.8. The number of anilines is 1. The van der Waals surface area contributed by atoms with E-state index in [0.717, 1.165) is 42.6 Å². The number of hydrogen-bond acceptors (Lipinski definition) is 5. The fraction of sp³-hybridized carbons (Fsp3) is 0.611. The first-order valence-corrected chi connectivity index (χ1v) is 10.9. The minimum absolute atomic E-state index is 0.146. The van der Waals surface area contributed by atoms with Crippen molar-refractivity contribution in [3.05, 3.63) is 30.1 Å². The van der Waals surface area contributed by atoms with Crippen molar-refractivity contribution in [3.8, 4) is 0 Å². The zero-order valence-corrected chi connectivity index (χ0v) is 16.5. The third-order valence-corrected chi connectivity index (χ3v) is 6.42. The number of sulfonamides is 1. The molecule has 9 heteroatoms. The lowest BCUT2D eigenvalue weighted by molar-refractivity contribution is -0.157. The Bertz CT molecular complexity index is 794. The van der Waals surface area contributed by atoms with Crippen molar-refractivity contribution in [1.29, 1.82) is 0 Å². The van der Waals surface area contributed by atoms with Crippen molar-refractivity contribution in [2.24, 2.45) is 0 Å². The SMILES string of the molecule is CN1CCC2(CC1)CN(C(=O)CN(c1cccc(F)c1)S(C)(=O)=O)CCO2. The van der Waals surface area contributed by atoms with E-state index in [9.17, 15) is 17.6 Å². The minimum atomic E-state index is -3.73. The maximum absolute atomic E-state index is 13.5. The molecular weight excluding hydrogens is 373 g/mol. The first-order valence-electron chi connectivity index (χ1n) is 9.02. The van der Waals surface area contributed by atoms with Gasteiger partial charge in [0, 0.05) is 26.2 Å². The van der Waals surface area contributed by atoms with Gasteiger partial charge in [-0.25, -0.2) is 12.8 Å². The third-order valence-electron chi connectivity index (χ3n) is 5.27. The van der Waals surface area contributed by atoms with Crippen LogP contribution in [0, 0.1) is 5.82 Å². The molecule has 0 aliphatic carbocycles. The van der Waals surface area contributed by atoms with Crippen LogP contribution in [0.15, 0.2) is 24.3 Å². The molecule has 3 rings (SSSR count). The number of amides is 1. The van der Waals surface area contributed by atoms with Crippen LogP contribution in [-0.2, 0) is 19.6 Å². The number of carbonyl (C=O) groups is 1. The average Bonchev–Trinajstić information content (AvgIpc) is 2.61. The highest BCUT2D eigenvalue weighted by Crippen LogP contribution is 2.30. The van der Waals surface area contributed by atoms with E-state index in [1.807, 2.05) is 0 Å². The molecule has 2 fully saturated rings. The number of morpholine rings is 1. The van der Waals surface area contributed by atoms with Crippen LogP contribution in [-0.4, -0.2) is 82.4 Å². The van der Waals surface area contributed by atoms with Gasteiger partial charge in [0.2, 0.25) is 15.9 Å². The molecule has 2 aliphatic heterocycles. The van der Waals surface area contributed by atoms with Crippen LogP contribution in [0.3, 0.4) is 0 Å². The number of benzene rings is 1. The van der Waals surface area contributed by atoms with Gasteiger partial charge in [-0.2, -0.15) is 0 Å². The number of nitrogens with zero attached hydrogens (tertiary/aromatic N) is 3. The van der Waals surface area contributed by atoms with Crippen molar-refractivity contribution in [2.45, 2.75) is 18.4 Å². The predicted octanol–water partition coefficient (Wildman–Crippen LogP) is 0.915. The molecule has 1 spiro atoms. The summed E-state index contributed by atoms with van der Waals surface area (Å²) < 4.78 is 44.9. The molecule has 1 aromatic rings. The number of carbonyl (C=O) groups excluding carboxylic acids is 1. The minimum Gasteiger partial charge on any atom is -0.371 e. The molecule has 0 aromatic heterocycles. The number of likely N-dealkylation sites (tertiary alicyclic amines) is 1. The van der Waals surface area contributed by atoms with E-state index in [0.29, 0.717) is 19.7 Å². The van der Waals surface area contributed by atoms with Crippen LogP contribution in [0.25, 0.3) is 0 Å². The Morgan fingerprint density at radius 3 is 2.63 bits per heavy atom. The molecule has 1 aromatic carbocycles. The molecule has 0 bridgehead atoms. The summed E-state index contributed by atoms with van der Waals surface area (Å²) in [5.41, 5.74) is -0.206. The molecule has 2 saturated heterocycles. The number of piperidine rings is 1. The monoisotopic (exact) mass is 399 g/mol. The van der Waals surface area contributed by atoms with Gasteiger partial charge in [-0.05, 0) is 38.1 Å². The van der Waals surface area contributed by atoms with E-state index in [2.05, 4.69) is 11.9 Å². The van der Waals surface area contributed by atoms with Crippen molar-refractivity contribution < 1.29 is 22.3 Å². The van der Waals surface area contributed by atoms with Crippen LogP contribution < -0.4 is 4.31 Å². The van der Waals surface area contributed by atoms with Gasteiger partial charge in [-0.1, -0.05) is 6.07 Å². The molecular formula is C18H26FN3O4S. The fourth-order valence-electron chi connectivity index (χ4n) is 3.64. The summed E-state index contributed by atoms with van der Waals surface area (Å²) >= 11 is 0. The lowest BCUT2D eigenvalue weighted by atomic mass is 9.89. The van der Waals surface area contributed by atoms with E-state index in [1.54, 1.807) is 4.90 Å². The predicted molar refractivity (Wildman–Crippen MR) is 101 cm³/mol. The lowest BCUT2D eigenvalue weighted by Gasteiger charge is -2.47. The van der Waals surface area contributed by atoms with Crippen LogP contribution >= 0.6 is 0 Å². The standard InChI is InChI=1S/C18H26FN3O4S/c1-20-8-6-18(7-9-20)14-21(10-11-26-18)17(23)13-22(27(2,24)25)16-5-3-4-15(19)12-16/h3-5,12H,6-11,13-14H2,1-2H3. The van der Waals surface area contributed by atoms with Crippen LogP contribution in [0.4, 0.5) is 10.1 Å². The maximum atomic E-state index is 13.5. The zero-order valence-electron chi connectivity index (χ0n) is 15.7. The Balaban J connectivity index is 1.74. The van der Waals surface area contributed by atoms with E-state index in [-0.39, 0.29) is 23.7 Å². The zero-order chi connectivity index (χ0) is 19.7. The number of hydrogen-bond donors (Lipinski definition) is 0. The normalized spacial score (nSPS) is 20.6. The van der Waals surface area contributed by atoms with Crippen molar-refractivity contribution >= 4 is 21.6 Å². The van der Waals surface area contributed by atoms with Crippen LogP contribution in [0.2, 0.25) is 0 Å². The van der Waals surface area contributed by atoms with Gasteiger partial charge in [-0.15, -0.1) is 0 Å². The van der Waals surface area contributed by atoms with Crippen molar-refractivity contribution in [1.82, 2.24) is 9.80 Å². The average molecular weight is 399 g/mol. The second-order valence-corrected chi connectivity index (χ2v) is 9.31. The molecule has 2 aliphatic rings. The Morgan fingerprint density at radius 2 is 2.00 bits per heavy atom. The smallest absolute Gasteiger partial charge is 0.243 e. The molecule has 1 amide bonds. The quantitative estimate of drug-likeness (QED) is 0.753. The van der Waals surface area contributed by atoms with Crippen molar-refractivity contribution in [3.63, 3.8) is 0 Å². The lowest BCUT2D eigenvalue weighted by Crippen LogP contribution is -2.58. The summed E-state index contributed by atoms with van der Waals surface area (Å²) in [6.45, 7) is 2.78. The van der Waals surface area contributed by atoms with E-state index in [4.69, 9.17) is 4.74 Å². The third kappa shape index (κ3) is 4.77. The highest BCUT2D eigenvalue weighted by atomic mass is 32.2. The van der Waals surface area contributed by atoms with Gasteiger partial charge in [0.1, 0.15) is 12.4 Å². The highest BCUT2D eigenvalue weighted by Gasteiger charge is 2.40. The summed E-state index contributed by atoms with van der Waals surface area (Å²) in [6, 6.07) is 5.26. The van der Waals surface area contributed by atoms with Gasteiger partial charge in [-0.3, -0.25) is 9.10 Å². The van der Waals surface area contributed by atoms with Gasteiger partial charge < -0.3 is 14.5 Å². The molecule has 150 valence electrons. The Hall–Kier alpha value is -1.71. The first kappa shape index (κ1) is 20.0. The van der Waals surface area contributed by atoms with Gasteiger partial charge in [0.25, 0.3) is 0 Å². The second kappa shape index (κ2) is 7.73. The van der Waals surface area contributed by atoms with Gasteiger partial charge in [0.15, 0.2) is 0 Å². The van der Waals surface area contributed by atoms with E-state index >= 15 is 0 Å². The molecule has 0 saturated carbocycles. The van der Waals surface area contributed by atoms with Crippen LogP contribution in [0.5, 0.6) is 0 Å². The van der Waals surface area contributed by atoms with Gasteiger partial charge in [0.05, 0.1) is 24.2 Å². The highest BCUT2D eigenvalue weighted by molar-refractivity contribution is 7.92. The Labute approximate surface area is 159 Å². The molecule has 2 heterocycles. The number of halogens is 1. The molecule has 0 N–H and O–H groups in total. The van der Waals surface area contributed by atoms with E-state index < -0.39 is 15.8 Å². The Kier molecular flexibility index (Phi) is 5.73. The molecule has 7 nitrogen and oxygen atoms in total. The summed E-state index contributed by atoms with van der Waals surface area (Å²) in [7, 11) is -1.67. The summed E-state index contributed by atoms with van der Waals surface area (Å²) in [6.07, 6.45) is 2.70. The van der Waals surface area contributed by atoms with Gasteiger partial charge >= 0.3 is 0 Å². The topological polar surface area (TPSA) is 70.2 Å². The molecule has 0 unspecified atom stereocenters. The van der Waals surface area contributed by atoms with E-state index in [1.165, 1.54) is 18.2 Å². The maximum Gasteiger partial charge on any atom is 0.243 e. The van der Waals surface area contributed by atoms with Crippen LogP contribution in [0.1, 0.15) is 12.8 Å². The number of ether oxygens (including phenoxy) is 1. The molecule has 0 radical (unpaired) electrons. The summed E-state index contributed by atoms with van der Waals surface area (Å²) in [5, 5.41) is 0. The van der Waals surface area contributed by atoms with Crippen molar-refractivity contribution in [2.75, 3.05) is 56.9 Å². The Morgan fingerprint density at radius 1 is 1.30 bits per heavy atom. The molecule has 0 atom stereocenters. The molecule has 27 heavy (non-hydrogen) atoms. The summed E-state index contributed by atoms with van der Waals surface area (Å²) in [5.74, 6) is -0.850.